The van der Waals surface area contributed by atoms with E-state index in [1.165, 1.54) is 0 Å². The van der Waals surface area contributed by atoms with Crippen LogP contribution in [0.1, 0.15) is 35.8 Å². The first-order valence-electron chi connectivity index (χ1n) is 8.81. The smallest absolute Gasteiger partial charge is 0.338 e. The van der Waals surface area contributed by atoms with Gasteiger partial charge in [-0.1, -0.05) is 6.07 Å². The highest BCUT2D eigenvalue weighted by molar-refractivity contribution is 7.80. The van der Waals surface area contributed by atoms with Crippen molar-refractivity contribution in [2.24, 2.45) is 0 Å². The Morgan fingerprint density at radius 2 is 1.85 bits per heavy atom. The molecule has 1 atom stereocenters. The molecule has 0 aliphatic carbocycles. The number of thiocarbonyl (C=S) groups is 1. The number of fused-ring (bicyclic) bond motifs is 1. The van der Waals surface area contributed by atoms with Crippen LogP contribution in [0, 0.1) is 0 Å². The van der Waals surface area contributed by atoms with E-state index < -0.39 is 0 Å². The van der Waals surface area contributed by atoms with E-state index >= 15 is 0 Å². The summed E-state index contributed by atoms with van der Waals surface area (Å²) in [5.41, 5.74) is 2.34. The van der Waals surface area contributed by atoms with Crippen molar-refractivity contribution >= 4 is 29.0 Å². The van der Waals surface area contributed by atoms with Crippen LogP contribution < -0.4 is 20.1 Å². The maximum absolute atomic E-state index is 11.7. The summed E-state index contributed by atoms with van der Waals surface area (Å²) in [6.45, 7) is 5.28. The van der Waals surface area contributed by atoms with Crippen LogP contribution in [0.4, 0.5) is 5.69 Å². The molecule has 0 radical (unpaired) electrons. The zero-order chi connectivity index (χ0) is 19.2. The molecule has 6 nitrogen and oxygen atoms in total. The van der Waals surface area contributed by atoms with Crippen LogP contribution >= 0.6 is 12.2 Å². The highest BCUT2D eigenvalue weighted by Gasteiger charge is 2.15. The van der Waals surface area contributed by atoms with Crippen LogP contribution in [0.15, 0.2) is 42.5 Å². The van der Waals surface area contributed by atoms with E-state index in [0.717, 1.165) is 22.7 Å². The van der Waals surface area contributed by atoms with Crippen molar-refractivity contribution < 1.29 is 19.0 Å². The normalized spacial score (nSPS) is 13.4. The molecular formula is C20H22N2O4S. The van der Waals surface area contributed by atoms with E-state index in [9.17, 15) is 4.79 Å². The van der Waals surface area contributed by atoms with Gasteiger partial charge < -0.3 is 24.8 Å². The monoisotopic (exact) mass is 386 g/mol. The van der Waals surface area contributed by atoms with Crippen molar-refractivity contribution in [2.45, 2.75) is 19.9 Å². The van der Waals surface area contributed by atoms with Gasteiger partial charge in [-0.05, 0) is 68.0 Å². The zero-order valence-corrected chi connectivity index (χ0v) is 16.1. The van der Waals surface area contributed by atoms with Gasteiger partial charge in [0.25, 0.3) is 0 Å². The first kappa shape index (κ1) is 19.0. The molecule has 0 saturated heterocycles. The molecule has 0 amide bonds. The minimum absolute atomic E-state index is 0.0142. The third-order valence-corrected chi connectivity index (χ3v) is 4.29. The lowest BCUT2D eigenvalue weighted by molar-refractivity contribution is 0.0526. The molecule has 7 heteroatoms. The molecule has 0 bridgehead atoms. The number of rotatable bonds is 5. The zero-order valence-electron chi connectivity index (χ0n) is 15.3. The summed E-state index contributed by atoms with van der Waals surface area (Å²) in [5.74, 6) is 1.18. The van der Waals surface area contributed by atoms with Gasteiger partial charge in [0.05, 0.1) is 18.2 Å². The Balaban J connectivity index is 1.58. The molecule has 0 fully saturated rings. The minimum Gasteiger partial charge on any atom is -0.486 e. The van der Waals surface area contributed by atoms with E-state index in [2.05, 4.69) is 10.6 Å². The van der Waals surface area contributed by atoms with Crippen LogP contribution in [0.3, 0.4) is 0 Å². The number of hydrogen-bond donors (Lipinski definition) is 2. The van der Waals surface area contributed by atoms with Crippen LogP contribution in [-0.4, -0.2) is 30.9 Å². The molecular weight excluding hydrogens is 364 g/mol. The fourth-order valence-electron chi connectivity index (χ4n) is 2.68. The number of nitrogens with one attached hydrogen (secondary N) is 2. The standard InChI is InChI=1S/C20H22N2O4S/c1-3-24-19(23)14-4-7-16(8-5-14)22-20(27)21-13(2)15-6-9-17-18(12-15)26-11-10-25-17/h4-9,12-13H,3,10-11H2,1-2H3,(H2,21,22,27)/t13-/m1/s1. The molecule has 0 aromatic heterocycles. The Morgan fingerprint density at radius 1 is 1.15 bits per heavy atom. The third kappa shape index (κ3) is 4.89. The highest BCUT2D eigenvalue weighted by Crippen LogP contribution is 2.32. The largest absolute Gasteiger partial charge is 0.486 e. The van der Waals surface area contributed by atoms with Gasteiger partial charge in [0.1, 0.15) is 13.2 Å². The predicted octanol–water partition coefficient (Wildman–Crippen LogP) is 3.68. The van der Waals surface area contributed by atoms with Gasteiger partial charge in [-0.15, -0.1) is 0 Å². The number of hydrogen-bond acceptors (Lipinski definition) is 5. The topological polar surface area (TPSA) is 68.8 Å². The molecule has 2 aromatic rings. The van der Waals surface area contributed by atoms with Gasteiger partial charge in [0.15, 0.2) is 16.6 Å². The van der Waals surface area contributed by atoms with Gasteiger partial charge >= 0.3 is 5.97 Å². The van der Waals surface area contributed by atoms with Crippen molar-refractivity contribution in [3.05, 3.63) is 53.6 Å². The highest BCUT2D eigenvalue weighted by atomic mass is 32.1. The third-order valence-electron chi connectivity index (χ3n) is 4.07. The van der Waals surface area contributed by atoms with Crippen LogP contribution in [0.2, 0.25) is 0 Å². The molecule has 3 rings (SSSR count). The van der Waals surface area contributed by atoms with Crippen LogP contribution in [0.5, 0.6) is 11.5 Å². The lowest BCUT2D eigenvalue weighted by Crippen LogP contribution is -2.31. The number of benzene rings is 2. The van der Waals surface area contributed by atoms with Gasteiger partial charge in [-0.25, -0.2) is 4.79 Å². The average molecular weight is 386 g/mol. The first-order chi connectivity index (χ1) is 13.1. The second kappa shape index (κ2) is 8.73. The molecule has 1 aliphatic rings. The molecule has 0 saturated carbocycles. The lowest BCUT2D eigenvalue weighted by Gasteiger charge is -2.22. The predicted molar refractivity (Wildman–Crippen MR) is 108 cm³/mol. The lowest BCUT2D eigenvalue weighted by atomic mass is 10.1. The molecule has 1 aliphatic heterocycles. The number of carbonyl (C=O) groups is 1. The van der Waals surface area contributed by atoms with E-state index in [0.29, 0.717) is 30.5 Å². The summed E-state index contributed by atoms with van der Waals surface area (Å²) in [5, 5.41) is 6.84. The van der Waals surface area contributed by atoms with Crippen LogP contribution in [0.25, 0.3) is 0 Å². The van der Waals surface area contributed by atoms with E-state index in [1.54, 1.807) is 31.2 Å². The second-order valence-electron chi connectivity index (χ2n) is 6.02. The Labute approximate surface area is 163 Å². The molecule has 1 heterocycles. The molecule has 2 N–H and O–H groups in total. The van der Waals surface area contributed by atoms with Crippen molar-refractivity contribution in [1.29, 1.82) is 0 Å². The van der Waals surface area contributed by atoms with E-state index in [4.69, 9.17) is 26.4 Å². The Morgan fingerprint density at radius 3 is 2.56 bits per heavy atom. The van der Waals surface area contributed by atoms with Gasteiger partial charge in [-0.3, -0.25) is 0 Å². The Hall–Kier alpha value is -2.80. The SMILES string of the molecule is CCOC(=O)c1ccc(NC(=S)N[C@H](C)c2ccc3c(c2)OCCO3)cc1. The minimum atomic E-state index is -0.336. The van der Waals surface area contributed by atoms with Crippen molar-refractivity contribution in [3.8, 4) is 11.5 Å². The maximum atomic E-state index is 11.7. The second-order valence-corrected chi connectivity index (χ2v) is 6.43. The van der Waals surface area contributed by atoms with E-state index in [-0.39, 0.29) is 12.0 Å². The molecule has 27 heavy (non-hydrogen) atoms. The Kier molecular flexibility index (Phi) is 6.13. The summed E-state index contributed by atoms with van der Waals surface area (Å²) >= 11 is 5.39. The van der Waals surface area contributed by atoms with Crippen molar-refractivity contribution in [3.63, 3.8) is 0 Å². The fraction of sp³-hybridized carbons (Fsp3) is 0.300. The number of ether oxygens (including phenoxy) is 3. The van der Waals surface area contributed by atoms with Gasteiger partial charge in [0, 0.05) is 5.69 Å². The number of anilines is 1. The molecule has 2 aromatic carbocycles. The van der Waals surface area contributed by atoms with Gasteiger partial charge in [0.2, 0.25) is 0 Å². The van der Waals surface area contributed by atoms with Gasteiger partial charge in [-0.2, -0.15) is 0 Å². The Bertz CT molecular complexity index is 823. The van der Waals surface area contributed by atoms with E-state index in [1.807, 2.05) is 25.1 Å². The molecule has 142 valence electrons. The quantitative estimate of drug-likeness (QED) is 0.600. The number of carbonyl (C=O) groups excluding carboxylic acids is 1. The summed E-state index contributed by atoms with van der Waals surface area (Å²) in [4.78, 5) is 11.7. The molecule has 0 unspecified atom stereocenters. The van der Waals surface area contributed by atoms with Crippen molar-refractivity contribution in [2.75, 3.05) is 25.1 Å². The van der Waals surface area contributed by atoms with Crippen molar-refractivity contribution in [1.82, 2.24) is 5.32 Å². The average Bonchev–Trinajstić information content (AvgIpc) is 2.68. The summed E-state index contributed by atoms with van der Waals surface area (Å²) < 4.78 is 16.1. The summed E-state index contributed by atoms with van der Waals surface area (Å²) in [7, 11) is 0. The summed E-state index contributed by atoms with van der Waals surface area (Å²) in [6.07, 6.45) is 0. The van der Waals surface area contributed by atoms with Crippen LogP contribution in [-0.2, 0) is 4.74 Å². The summed E-state index contributed by atoms with van der Waals surface area (Å²) in [6, 6.07) is 12.8. The molecule has 0 spiro atoms. The number of esters is 1. The first-order valence-corrected chi connectivity index (χ1v) is 9.22. The fourth-order valence-corrected chi connectivity index (χ4v) is 2.98. The maximum Gasteiger partial charge on any atom is 0.338 e.